The summed E-state index contributed by atoms with van der Waals surface area (Å²) in [6, 6.07) is 7.88. The standard InChI is InChI=1S/C27H31F3/c1-2-3-4-5-18-6-8-19(9-7-18)20-10-12-24(26(29)16-20)21-11-13-25-22(14-21)15-23(28)17-27(25)30/h10,12,14-19H,2-9,11,13H2,1H3. The van der Waals surface area contributed by atoms with Gasteiger partial charge in [-0.25, -0.2) is 13.2 Å². The normalized spacial score (nSPS) is 21.3. The third-order valence-electron chi connectivity index (χ3n) is 7.04. The molecular weight excluding hydrogens is 381 g/mol. The van der Waals surface area contributed by atoms with Crippen molar-refractivity contribution in [1.29, 1.82) is 0 Å². The molecule has 160 valence electrons. The van der Waals surface area contributed by atoms with Gasteiger partial charge in [-0.1, -0.05) is 50.8 Å². The molecule has 0 N–H and O–H groups in total. The maximum atomic E-state index is 15.0. The van der Waals surface area contributed by atoms with E-state index in [9.17, 15) is 8.78 Å². The van der Waals surface area contributed by atoms with E-state index in [4.69, 9.17) is 0 Å². The van der Waals surface area contributed by atoms with Crippen LogP contribution in [0.4, 0.5) is 13.2 Å². The molecule has 0 spiro atoms. The third-order valence-corrected chi connectivity index (χ3v) is 7.04. The summed E-state index contributed by atoms with van der Waals surface area (Å²) in [6.45, 7) is 2.24. The SMILES string of the molecule is CCCCCC1CCC(c2ccc(C3=Cc4cc(F)cc(F)c4CC3)c(F)c2)CC1. The van der Waals surface area contributed by atoms with Crippen molar-refractivity contribution in [2.45, 2.75) is 77.0 Å². The Morgan fingerprint density at radius 2 is 1.67 bits per heavy atom. The quantitative estimate of drug-likeness (QED) is 0.418. The highest BCUT2D eigenvalue weighted by Gasteiger charge is 2.24. The minimum Gasteiger partial charge on any atom is -0.207 e. The molecule has 0 radical (unpaired) electrons. The number of fused-ring (bicyclic) bond motifs is 1. The van der Waals surface area contributed by atoms with E-state index >= 15 is 4.39 Å². The molecule has 1 fully saturated rings. The minimum atomic E-state index is -0.593. The van der Waals surface area contributed by atoms with E-state index in [0.29, 0.717) is 35.4 Å². The molecule has 2 aliphatic carbocycles. The molecule has 2 aromatic carbocycles. The van der Waals surface area contributed by atoms with Gasteiger partial charge in [0.2, 0.25) is 0 Å². The van der Waals surface area contributed by atoms with Crippen LogP contribution in [0.15, 0.2) is 30.3 Å². The van der Waals surface area contributed by atoms with Gasteiger partial charge in [0.25, 0.3) is 0 Å². The molecule has 0 aromatic heterocycles. The molecule has 0 saturated heterocycles. The number of hydrogen-bond acceptors (Lipinski definition) is 0. The molecule has 30 heavy (non-hydrogen) atoms. The van der Waals surface area contributed by atoms with Crippen molar-refractivity contribution in [3.05, 3.63) is 70.0 Å². The molecular formula is C27H31F3. The molecule has 0 heterocycles. The van der Waals surface area contributed by atoms with Crippen LogP contribution >= 0.6 is 0 Å². The Morgan fingerprint density at radius 1 is 0.867 bits per heavy atom. The molecule has 0 unspecified atom stereocenters. The fraction of sp³-hybridized carbons (Fsp3) is 0.481. The van der Waals surface area contributed by atoms with Crippen LogP contribution in [0, 0.1) is 23.4 Å². The Labute approximate surface area is 178 Å². The second kappa shape index (κ2) is 9.41. The average Bonchev–Trinajstić information content (AvgIpc) is 2.74. The van der Waals surface area contributed by atoms with E-state index in [1.54, 1.807) is 12.1 Å². The van der Waals surface area contributed by atoms with Gasteiger partial charge in [0.15, 0.2) is 0 Å². The van der Waals surface area contributed by atoms with Gasteiger partial charge in [-0.05, 0) is 84.8 Å². The molecule has 0 aliphatic heterocycles. The Balaban J connectivity index is 1.46. The van der Waals surface area contributed by atoms with E-state index in [1.807, 2.05) is 6.07 Å². The predicted octanol–water partition coefficient (Wildman–Crippen LogP) is 8.44. The van der Waals surface area contributed by atoms with Gasteiger partial charge in [-0.3, -0.25) is 0 Å². The van der Waals surface area contributed by atoms with Gasteiger partial charge in [-0.15, -0.1) is 0 Å². The highest BCUT2D eigenvalue weighted by atomic mass is 19.1. The topological polar surface area (TPSA) is 0 Å². The second-order valence-corrected chi connectivity index (χ2v) is 9.08. The number of halogens is 3. The van der Waals surface area contributed by atoms with Crippen molar-refractivity contribution in [3.63, 3.8) is 0 Å². The average molecular weight is 413 g/mol. The van der Waals surface area contributed by atoms with E-state index in [0.717, 1.165) is 36.0 Å². The molecule has 3 heteroatoms. The van der Waals surface area contributed by atoms with Crippen molar-refractivity contribution < 1.29 is 13.2 Å². The molecule has 0 bridgehead atoms. The molecule has 0 amide bonds. The Hall–Kier alpha value is -2.03. The van der Waals surface area contributed by atoms with Gasteiger partial charge in [-0.2, -0.15) is 0 Å². The molecule has 0 atom stereocenters. The summed E-state index contributed by atoms with van der Waals surface area (Å²) in [5, 5.41) is 0. The van der Waals surface area contributed by atoms with E-state index in [2.05, 4.69) is 13.0 Å². The van der Waals surface area contributed by atoms with Crippen LogP contribution in [0.2, 0.25) is 0 Å². The first kappa shape index (κ1) is 21.2. The number of allylic oxidation sites excluding steroid dienone is 1. The highest BCUT2D eigenvalue weighted by Crippen LogP contribution is 2.39. The molecule has 2 aromatic rings. The lowest BCUT2D eigenvalue weighted by atomic mass is 9.76. The fourth-order valence-corrected chi connectivity index (χ4v) is 5.26. The van der Waals surface area contributed by atoms with Crippen LogP contribution in [-0.2, 0) is 6.42 Å². The van der Waals surface area contributed by atoms with Crippen molar-refractivity contribution in [2.75, 3.05) is 0 Å². The molecule has 1 saturated carbocycles. The first-order valence-electron chi connectivity index (χ1n) is 11.5. The first-order valence-corrected chi connectivity index (χ1v) is 11.5. The van der Waals surface area contributed by atoms with Crippen LogP contribution in [-0.4, -0.2) is 0 Å². The maximum Gasteiger partial charge on any atom is 0.130 e. The first-order chi connectivity index (χ1) is 14.5. The van der Waals surface area contributed by atoms with Gasteiger partial charge in [0.1, 0.15) is 17.5 Å². The van der Waals surface area contributed by atoms with Crippen LogP contribution in [0.1, 0.15) is 92.9 Å². The van der Waals surface area contributed by atoms with Crippen LogP contribution in [0.3, 0.4) is 0 Å². The summed E-state index contributed by atoms with van der Waals surface area (Å²) in [5.41, 5.74) is 3.52. The van der Waals surface area contributed by atoms with Gasteiger partial charge in [0.05, 0.1) is 0 Å². The van der Waals surface area contributed by atoms with Crippen molar-refractivity contribution in [3.8, 4) is 0 Å². The van der Waals surface area contributed by atoms with Crippen molar-refractivity contribution >= 4 is 11.6 Å². The summed E-state index contributed by atoms with van der Waals surface area (Å²) in [7, 11) is 0. The predicted molar refractivity (Wildman–Crippen MR) is 118 cm³/mol. The van der Waals surface area contributed by atoms with E-state index in [1.165, 1.54) is 44.6 Å². The molecule has 4 rings (SSSR count). The maximum absolute atomic E-state index is 15.0. The third kappa shape index (κ3) is 4.66. The van der Waals surface area contributed by atoms with Crippen LogP contribution < -0.4 is 0 Å². The summed E-state index contributed by atoms with van der Waals surface area (Å²) >= 11 is 0. The number of hydrogen-bond donors (Lipinski definition) is 0. The number of rotatable bonds is 6. The highest BCUT2D eigenvalue weighted by molar-refractivity contribution is 5.84. The summed E-state index contributed by atoms with van der Waals surface area (Å²) in [4.78, 5) is 0. The lowest BCUT2D eigenvalue weighted by Gasteiger charge is -2.29. The number of unbranched alkanes of at least 4 members (excludes halogenated alkanes) is 2. The van der Waals surface area contributed by atoms with E-state index in [-0.39, 0.29) is 5.82 Å². The van der Waals surface area contributed by atoms with Crippen LogP contribution in [0.5, 0.6) is 0 Å². The molecule has 2 aliphatic rings. The smallest absolute Gasteiger partial charge is 0.130 e. The fourth-order valence-electron chi connectivity index (χ4n) is 5.26. The van der Waals surface area contributed by atoms with Gasteiger partial charge in [0, 0.05) is 11.6 Å². The Bertz CT molecular complexity index is 920. The lowest BCUT2D eigenvalue weighted by molar-refractivity contribution is 0.302. The van der Waals surface area contributed by atoms with Crippen molar-refractivity contribution in [2.24, 2.45) is 5.92 Å². The summed E-state index contributed by atoms with van der Waals surface area (Å²) < 4.78 is 42.6. The van der Waals surface area contributed by atoms with E-state index < -0.39 is 11.6 Å². The number of benzene rings is 2. The zero-order valence-corrected chi connectivity index (χ0v) is 17.8. The zero-order chi connectivity index (χ0) is 21.1. The monoisotopic (exact) mass is 412 g/mol. The van der Waals surface area contributed by atoms with Crippen LogP contribution in [0.25, 0.3) is 11.6 Å². The second-order valence-electron chi connectivity index (χ2n) is 9.08. The molecule has 0 nitrogen and oxygen atoms in total. The minimum absolute atomic E-state index is 0.218. The summed E-state index contributed by atoms with van der Waals surface area (Å²) in [5.74, 6) is -0.0409. The largest absolute Gasteiger partial charge is 0.207 e. The van der Waals surface area contributed by atoms with Crippen molar-refractivity contribution in [1.82, 2.24) is 0 Å². The van der Waals surface area contributed by atoms with Gasteiger partial charge >= 0.3 is 0 Å². The zero-order valence-electron chi connectivity index (χ0n) is 17.8. The summed E-state index contributed by atoms with van der Waals surface area (Å²) in [6.07, 6.45) is 12.8. The Morgan fingerprint density at radius 3 is 2.40 bits per heavy atom. The van der Waals surface area contributed by atoms with Gasteiger partial charge < -0.3 is 0 Å². The Kier molecular flexibility index (Phi) is 6.65. The lowest BCUT2D eigenvalue weighted by Crippen LogP contribution is -2.13.